The summed E-state index contributed by atoms with van der Waals surface area (Å²) in [5.41, 5.74) is 0.599. The third-order valence-corrected chi connectivity index (χ3v) is 4.29. The number of Topliss-reactive ketones (excluding diaryl/α,β-unsaturated/α-hetero) is 2. The van der Waals surface area contributed by atoms with Gasteiger partial charge in [-0.3, -0.25) is 13.8 Å². The maximum atomic E-state index is 12.0. The van der Waals surface area contributed by atoms with Crippen molar-refractivity contribution in [3.63, 3.8) is 0 Å². The van der Waals surface area contributed by atoms with Crippen molar-refractivity contribution in [3.05, 3.63) is 35.4 Å². The first kappa shape index (κ1) is 15.2. The second-order valence-corrected chi connectivity index (χ2v) is 5.65. The first-order chi connectivity index (χ1) is 8.82. The summed E-state index contributed by atoms with van der Waals surface area (Å²) in [5, 5.41) is 7.70. The number of carbonyl (C=O) groups is 3. The SMILES string of the molecule is CC(=O)C(C(C)=O)S(=O)Cc1cccc(C(=O)O)c1. The molecule has 0 aromatic heterocycles. The molecule has 102 valence electrons. The molecule has 0 bridgehead atoms. The van der Waals surface area contributed by atoms with Crippen LogP contribution in [-0.2, 0) is 26.1 Å². The lowest BCUT2D eigenvalue weighted by Crippen LogP contribution is -2.31. The van der Waals surface area contributed by atoms with Crippen LogP contribution in [0.15, 0.2) is 24.3 Å². The highest BCUT2D eigenvalue weighted by atomic mass is 32.2. The molecule has 1 atom stereocenters. The Morgan fingerprint density at radius 2 is 1.79 bits per heavy atom. The molecule has 0 saturated carbocycles. The molecule has 5 nitrogen and oxygen atoms in total. The smallest absolute Gasteiger partial charge is 0.335 e. The van der Waals surface area contributed by atoms with E-state index in [0.29, 0.717) is 5.56 Å². The van der Waals surface area contributed by atoms with Crippen LogP contribution in [0.2, 0.25) is 0 Å². The Morgan fingerprint density at radius 1 is 1.21 bits per heavy atom. The van der Waals surface area contributed by atoms with Gasteiger partial charge in [-0.25, -0.2) is 4.79 Å². The fraction of sp³-hybridized carbons (Fsp3) is 0.308. The second-order valence-electron chi connectivity index (χ2n) is 4.13. The van der Waals surface area contributed by atoms with Gasteiger partial charge in [0.05, 0.1) is 5.56 Å². The number of benzene rings is 1. The normalized spacial score (nSPS) is 12.2. The Kier molecular flexibility index (Phi) is 5.11. The van der Waals surface area contributed by atoms with Gasteiger partial charge in [-0.2, -0.15) is 0 Å². The van der Waals surface area contributed by atoms with Gasteiger partial charge in [-0.1, -0.05) is 12.1 Å². The van der Waals surface area contributed by atoms with Gasteiger partial charge in [-0.05, 0) is 31.5 Å². The molecule has 0 amide bonds. The zero-order valence-corrected chi connectivity index (χ0v) is 11.4. The third-order valence-electron chi connectivity index (χ3n) is 2.48. The fourth-order valence-corrected chi connectivity index (χ4v) is 3.11. The molecule has 1 aromatic carbocycles. The maximum Gasteiger partial charge on any atom is 0.335 e. The van der Waals surface area contributed by atoms with Gasteiger partial charge in [0.2, 0.25) is 0 Å². The standard InChI is InChI=1S/C13H14O5S/c1-8(14)12(9(2)15)19(18)7-10-4-3-5-11(6-10)13(16)17/h3-6,12H,7H2,1-2H3,(H,16,17). The molecular weight excluding hydrogens is 268 g/mol. The van der Waals surface area contributed by atoms with E-state index < -0.39 is 33.6 Å². The van der Waals surface area contributed by atoms with Crippen molar-refractivity contribution in [2.24, 2.45) is 0 Å². The van der Waals surface area contributed by atoms with Crippen molar-refractivity contribution >= 4 is 28.3 Å². The van der Waals surface area contributed by atoms with Gasteiger partial charge in [0, 0.05) is 16.6 Å². The molecule has 0 spiro atoms. The molecule has 0 aliphatic heterocycles. The van der Waals surface area contributed by atoms with Gasteiger partial charge in [0.1, 0.15) is 0 Å². The van der Waals surface area contributed by atoms with E-state index in [-0.39, 0.29) is 11.3 Å². The zero-order valence-electron chi connectivity index (χ0n) is 10.6. The van der Waals surface area contributed by atoms with Crippen LogP contribution in [-0.4, -0.2) is 32.1 Å². The lowest BCUT2D eigenvalue weighted by molar-refractivity contribution is -0.124. The molecule has 0 heterocycles. The summed E-state index contributed by atoms with van der Waals surface area (Å²) in [6.45, 7) is 2.44. The third kappa shape index (κ3) is 4.10. The van der Waals surface area contributed by atoms with Gasteiger partial charge in [-0.15, -0.1) is 0 Å². The Bertz CT molecular complexity index is 536. The fourth-order valence-electron chi connectivity index (χ4n) is 1.70. The van der Waals surface area contributed by atoms with Crippen molar-refractivity contribution < 1.29 is 23.7 Å². The van der Waals surface area contributed by atoms with Crippen LogP contribution in [0.25, 0.3) is 0 Å². The lowest BCUT2D eigenvalue weighted by atomic mass is 10.1. The van der Waals surface area contributed by atoms with E-state index >= 15 is 0 Å². The quantitative estimate of drug-likeness (QED) is 0.791. The molecule has 1 unspecified atom stereocenters. The van der Waals surface area contributed by atoms with E-state index in [4.69, 9.17) is 5.11 Å². The number of carboxylic acids is 1. The number of carbonyl (C=O) groups excluding carboxylic acids is 2. The molecule has 1 aromatic rings. The highest BCUT2D eigenvalue weighted by Gasteiger charge is 2.26. The van der Waals surface area contributed by atoms with E-state index in [1.807, 2.05) is 0 Å². The van der Waals surface area contributed by atoms with Gasteiger partial charge in [0.15, 0.2) is 16.8 Å². The van der Waals surface area contributed by atoms with E-state index in [9.17, 15) is 18.6 Å². The Hall–Kier alpha value is -1.82. The van der Waals surface area contributed by atoms with Crippen molar-refractivity contribution in [2.45, 2.75) is 24.9 Å². The molecule has 6 heteroatoms. The van der Waals surface area contributed by atoms with Gasteiger partial charge >= 0.3 is 5.97 Å². The zero-order chi connectivity index (χ0) is 14.6. The highest BCUT2D eigenvalue weighted by Crippen LogP contribution is 2.11. The minimum absolute atomic E-state index is 0.0229. The minimum atomic E-state index is -1.68. The second kappa shape index (κ2) is 6.38. The van der Waals surface area contributed by atoms with Crippen molar-refractivity contribution in [1.82, 2.24) is 0 Å². The van der Waals surface area contributed by atoms with Crippen molar-refractivity contribution in [1.29, 1.82) is 0 Å². The topological polar surface area (TPSA) is 88.5 Å². The molecule has 0 saturated heterocycles. The lowest BCUT2D eigenvalue weighted by Gasteiger charge is -2.10. The molecule has 1 N–H and O–H groups in total. The summed E-state index contributed by atoms with van der Waals surface area (Å²) in [4.78, 5) is 33.4. The van der Waals surface area contributed by atoms with Crippen LogP contribution < -0.4 is 0 Å². The first-order valence-electron chi connectivity index (χ1n) is 5.53. The summed E-state index contributed by atoms with van der Waals surface area (Å²) in [6, 6.07) is 5.95. The Morgan fingerprint density at radius 3 is 2.26 bits per heavy atom. The maximum absolute atomic E-state index is 12.0. The Balaban J connectivity index is 2.93. The van der Waals surface area contributed by atoms with Gasteiger partial charge < -0.3 is 5.11 Å². The summed E-state index contributed by atoms with van der Waals surface area (Å²) in [6.07, 6.45) is 0. The minimum Gasteiger partial charge on any atom is -0.478 e. The summed E-state index contributed by atoms with van der Waals surface area (Å²) in [7, 11) is -1.68. The van der Waals surface area contributed by atoms with Crippen molar-refractivity contribution in [2.75, 3.05) is 0 Å². The number of hydrogen-bond donors (Lipinski definition) is 1. The highest BCUT2D eigenvalue weighted by molar-refractivity contribution is 7.86. The van der Waals surface area contributed by atoms with Crippen LogP contribution >= 0.6 is 0 Å². The van der Waals surface area contributed by atoms with Crippen LogP contribution in [0.3, 0.4) is 0 Å². The molecule has 1 rings (SSSR count). The van der Waals surface area contributed by atoms with Crippen molar-refractivity contribution in [3.8, 4) is 0 Å². The van der Waals surface area contributed by atoms with Crippen LogP contribution in [0.1, 0.15) is 29.8 Å². The monoisotopic (exact) mass is 282 g/mol. The van der Waals surface area contributed by atoms with Gasteiger partial charge in [0.25, 0.3) is 0 Å². The number of ketones is 2. The van der Waals surface area contributed by atoms with E-state index in [2.05, 4.69) is 0 Å². The van der Waals surface area contributed by atoms with Crippen LogP contribution in [0.4, 0.5) is 0 Å². The number of carboxylic acid groups (broad SMARTS) is 1. The number of aromatic carboxylic acids is 1. The molecule has 19 heavy (non-hydrogen) atoms. The molecule has 0 aliphatic rings. The average molecular weight is 282 g/mol. The molecule has 0 radical (unpaired) electrons. The van der Waals surface area contributed by atoms with E-state index in [0.717, 1.165) is 0 Å². The van der Waals surface area contributed by atoms with E-state index in [1.54, 1.807) is 6.07 Å². The molecular formula is C13H14O5S. The first-order valence-corrected chi connectivity index (χ1v) is 6.91. The molecule has 0 aliphatic carbocycles. The average Bonchev–Trinajstić information content (AvgIpc) is 2.27. The predicted octanol–water partition coefficient (Wildman–Crippen LogP) is 1.18. The number of rotatable bonds is 6. The molecule has 0 fully saturated rings. The summed E-state index contributed by atoms with van der Waals surface area (Å²) >= 11 is 0. The van der Waals surface area contributed by atoms with E-state index in [1.165, 1.54) is 32.0 Å². The predicted molar refractivity (Wildman–Crippen MR) is 70.4 cm³/mol. The summed E-state index contributed by atoms with van der Waals surface area (Å²) < 4.78 is 12.0. The van der Waals surface area contributed by atoms with Crippen LogP contribution in [0, 0.1) is 0 Å². The van der Waals surface area contributed by atoms with Crippen LogP contribution in [0.5, 0.6) is 0 Å². The summed E-state index contributed by atoms with van der Waals surface area (Å²) in [5.74, 6) is -1.99. The largest absolute Gasteiger partial charge is 0.478 e. The number of hydrogen-bond acceptors (Lipinski definition) is 4. The Labute approximate surface area is 113 Å².